The number of hydrogen-bond donors (Lipinski definition) is 1. The van der Waals surface area contributed by atoms with E-state index in [0.29, 0.717) is 21.1 Å². The van der Waals surface area contributed by atoms with E-state index in [1.165, 1.54) is 7.11 Å². The quantitative estimate of drug-likeness (QED) is 0.894. The van der Waals surface area contributed by atoms with Gasteiger partial charge in [0.1, 0.15) is 9.35 Å². The first kappa shape index (κ1) is 9.41. The Kier molecular flexibility index (Phi) is 2.38. The SMILES string of the molecule is COc1nsc(-c2noc(=O)[nH]2)c1Br. The Morgan fingerprint density at radius 3 is 2.93 bits per heavy atom. The topological polar surface area (TPSA) is 81.0 Å². The summed E-state index contributed by atoms with van der Waals surface area (Å²) in [4.78, 5) is 13.8. The van der Waals surface area contributed by atoms with Gasteiger partial charge in [-0.1, -0.05) is 5.16 Å². The van der Waals surface area contributed by atoms with E-state index in [0.717, 1.165) is 11.5 Å². The molecule has 0 aliphatic heterocycles. The summed E-state index contributed by atoms with van der Waals surface area (Å²) in [5, 5.41) is 3.54. The van der Waals surface area contributed by atoms with Crippen LogP contribution >= 0.6 is 27.5 Å². The molecule has 2 aromatic rings. The van der Waals surface area contributed by atoms with Crippen LogP contribution in [-0.4, -0.2) is 21.6 Å². The molecule has 0 aliphatic rings. The molecule has 2 rings (SSSR count). The summed E-state index contributed by atoms with van der Waals surface area (Å²) in [5.74, 6) is 0.191. The zero-order chi connectivity index (χ0) is 10.1. The Hall–Kier alpha value is -1.15. The summed E-state index contributed by atoms with van der Waals surface area (Å²) in [6, 6.07) is 0. The summed E-state index contributed by atoms with van der Waals surface area (Å²) in [6.45, 7) is 0. The third-order valence-corrected chi connectivity index (χ3v) is 3.29. The Balaban J connectivity index is 2.52. The van der Waals surface area contributed by atoms with Crippen LogP contribution in [0, 0.1) is 0 Å². The maximum atomic E-state index is 10.7. The van der Waals surface area contributed by atoms with Crippen molar-refractivity contribution in [3.05, 3.63) is 15.0 Å². The Bertz CT molecular complexity index is 502. The second-order valence-corrected chi connectivity index (χ2v) is 3.84. The van der Waals surface area contributed by atoms with Gasteiger partial charge in [0.25, 0.3) is 0 Å². The summed E-state index contributed by atoms with van der Waals surface area (Å²) in [5.41, 5.74) is 0. The molecule has 0 amide bonds. The number of nitrogens with zero attached hydrogens (tertiary/aromatic N) is 2. The normalized spacial score (nSPS) is 10.4. The van der Waals surface area contributed by atoms with Crippen LogP contribution in [0.25, 0.3) is 10.7 Å². The Morgan fingerprint density at radius 2 is 2.43 bits per heavy atom. The average molecular weight is 278 g/mol. The van der Waals surface area contributed by atoms with Gasteiger partial charge < -0.3 is 4.74 Å². The van der Waals surface area contributed by atoms with Gasteiger partial charge in [-0.15, -0.1) is 0 Å². The lowest BCUT2D eigenvalue weighted by atomic mass is 10.4. The second kappa shape index (κ2) is 3.54. The van der Waals surface area contributed by atoms with Crippen LogP contribution in [0.4, 0.5) is 0 Å². The van der Waals surface area contributed by atoms with E-state index in [1.807, 2.05) is 0 Å². The van der Waals surface area contributed by atoms with Gasteiger partial charge in [-0.05, 0) is 27.5 Å². The molecule has 6 nitrogen and oxygen atoms in total. The molecular weight excluding hydrogens is 274 g/mol. The third kappa shape index (κ3) is 1.46. The molecule has 14 heavy (non-hydrogen) atoms. The number of hydrogen-bond acceptors (Lipinski definition) is 6. The smallest absolute Gasteiger partial charge is 0.439 e. The molecule has 0 radical (unpaired) electrons. The fourth-order valence-electron chi connectivity index (χ4n) is 0.866. The predicted molar refractivity (Wildman–Crippen MR) is 52.5 cm³/mol. The average Bonchev–Trinajstić information content (AvgIpc) is 2.72. The molecule has 0 bridgehead atoms. The summed E-state index contributed by atoms with van der Waals surface area (Å²) in [7, 11) is 1.51. The van der Waals surface area contributed by atoms with Crippen molar-refractivity contribution in [1.82, 2.24) is 14.5 Å². The van der Waals surface area contributed by atoms with E-state index in [-0.39, 0.29) is 0 Å². The zero-order valence-corrected chi connectivity index (χ0v) is 9.31. The number of ether oxygens (including phenoxy) is 1. The fraction of sp³-hybridized carbons (Fsp3) is 0.167. The number of rotatable bonds is 2. The van der Waals surface area contributed by atoms with Crippen LogP contribution in [-0.2, 0) is 0 Å². The van der Waals surface area contributed by atoms with Gasteiger partial charge >= 0.3 is 5.76 Å². The molecule has 0 saturated heterocycles. The van der Waals surface area contributed by atoms with Gasteiger partial charge in [-0.25, -0.2) is 4.79 Å². The highest BCUT2D eigenvalue weighted by Crippen LogP contribution is 2.36. The van der Waals surface area contributed by atoms with Crippen LogP contribution in [0.3, 0.4) is 0 Å². The first-order valence-corrected chi connectivity index (χ1v) is 5.04. The van der Waals surface area contributed by atoms with Gasteiger partial charge in [-0.3, -0.25) is 9.51 Å². The van der Waals surface area contributed by atoms with Crippen LogP contribution < -0.4 is 10.5 Å². The largest absolute Gasteiger partial charge is 0.480 e. The van der Waals surface area contributed by atoms with E-state index in [4.69, 9.17) is 4.74 Å². The molecule has 0 fully saturated rings. The van der Waals surface area contributed by atoms with Gasteiger partial charge in [-0.2, -0.15) is 4.37 Å². The number of halogens is 1. The molecule has 1 N–H and O–H groups in total. The maximum Gasteiger partial charge on any atom is 0.439 e. The van der Waals surface area contributed by atoms with Crippen LogP contribution in [0.2, 0.25) is 0 Å². The maximum absolute atomic E-state index is 10.7. The monoisotopic (exact) mass is 277 g/mol. The van der Waals surface area contributed by atoms with Crippen molar-refractivity contribution in [2.75, 3.05) is 7.11 Å². The van der Waals surface area contributed by atoms with Gasteiger partial charge in [0.2, 0.25) is 5.88 Å². The lowest BCUT2D eigenvalue weighted by molar-refractivity contribution is 0.388. The molecule has 2 aromatic heterocycles. The molecule has 0 saturated carbocycles. The highest BCUT2D eigenvalue weighted by molar-refractivity contribution is 9.10. The summed E-state index contributed by atoms with van der Waals surface area (Å²) in [6.07, 6.45) is 0. The Morgan fingerprint density at radius 1 is 1.64 bits per heavy atom. The fourth-order valence-corrected chi connectivity index (χ4v) is 2.32. The van der Waals surface area contributed by atoms with Crippen molar-refractivity contribution in [2.45, 2.75) is 0 Å². The molecule has 74 valence electrons. The van der Waals surface area contributed by atoms with Gasteiger partial charge in [0, 0.05) is 0 Å². The number of methoxy groups -OCH3 is 1. The molecule has 0 atom stereocenters. The van der Waals surface area contributed by atoms with E-state index in [1.54, 1.807) is 0 Å². The molecular formula is C6H4BrN3O3S. The molecule has 2 heterocycles. The minimum Gasteiger partial charge on any atom is -0.480 e. The second-order valence-electron chi connectivity index (χ2n) is 2.28. The van der Waals surface area contributed by atoms with Gasteiger partial charge in [0.05, 0.1) is 7.11 Å². The van der Waals surface area contributed by atoms with Crippen molar-refractivity contribution in [3.63, 3.8) is 0 Å². The minimum atomic E-state index is -0.598. The number of aromatic nitrogens is 3. The zero-order valence-electron chi connectivity index (χ0n) is 6.91. The first-order chi connectivity index (χ1) is 6.72. The number of aromatic amines is 1. The molecule has 0 aliphatic carbocycles. The first-order valence-electron chi connectivity index (χ1n) is 3.48. The van der Waals surface area contributed by atoms with Crippen molar-refractivity contribution < 1.29 is 9.26 Å². The molecule has 0 unspecified atom stereocenters. The summed E-state index contributed by atoms with van der Waals surface area (Å²) >= 11 is 4.43. The van der Waals surface area contributed by atoms with Gasteiger partial charge in [0.15, 0.2) is 5.82 Å². The van der Waals surface area contributed by atoms with Crippen molar-refractivity contribution in [2.24, 2.45) is 0 Å². The highest BCUT2D eigenvalue weighted by atomic mass is 79.9. The molecule has 8 heteroatoms. The third-order valence-electron chi connectivity index (χ3n) is 1.46. The lowest BCUT2D eigenvalue weighted by Crippen LogP contribution is -1.94. The van der Waals surface area contributed by atoms with Crippen LogP contribution in [0.5, 0.6) is 5.88 Å². The number of H-pyrrole nitrogens is 1. The van der Waals surface area contributed by atoms with Crippen molar-refractivity contribution >= 4 is 27.5 Å². The Labute approximate surface area is 90.2 Å². The van der Waals surface area contributed by atoms with Crippen LogP contribution in [0.15, 0.2) is 13.8 Å². The van der Waals surface area contributed by atoms with E-state index >= 15 is 0 Å². The molecule has 0 spiro atoms. The van der Waals surface area contributed by atoms with Crippen molar-refractivity contribution in [3.8, 4) is 16.6 Å². The molecule has 0 aromatic carbocycles. The van der Waals surface area contributed by atoms with E-state index < -0.39 is 5.76 Å². The predicted octanol–water partition coefficient (Wildman–Crippen LogP) is 1.26. The minimum absolute atomic E-state index is 0.336. The van der Waals surface area contributed by atoms with E-state index in [2.05, 4.69) is 35.0 Å². The highest BCUT2D eigenvalue weighted by Gasteiger charge is 2.16. The van der Waals surface area contributed by atoms with E-state index in [9.17, 15) is 4.79 Å². The standard InChI is InChI=1S/C6H4BrN3O3S/c1-12-5-2(7)3(14-10-5)4-8-6(11)13-9-4/h1H3,(H,8,9,11). The summed E-state index contributed by atoms with van der Waals surface area (Å²) < 4.78 is 14.0. The van der Waals surface area contributed by atoms with Crippen molar-refractivity contribution in [1.29, 1.82) is 0 Å². The van der Waals surface area contributed by atoms with Crippen LogP contribution in [0.1, 0.15) is 0 Å². The number of nitrogens with one attached hydrogen (secondary N) is 1. The lowest BCUT2D eigenvalue weighted by Gasteiger charge is -1.92.